The van der Waals surface area contributed by atoms with Crippen LogP contribution in [0.2, 0.25) is 0 Å². The van der Waals surface area contributed by atoms with Crippen molar-refractivity contribution in [2.45, 2.75) is 6.42 Å². The van der Waals surface area contributed by atoms with Crippen molar-refractivity contribution in [3.05, 3.63) is 58.8 Å². The number of halogens is 2. The average Bonchev–Trinajstić information content (AvgIpc) is 2.68. The summed E-state index contributed by atoms with van der Waals surface area (Å²) >= 11 is 3.35. The highest BCUT2D eigenvalue weighted by molar-refractivity contribution is 9.10. The number of nitrogens with zero attached hydrogens (tertiary/aromatic N) is 4. The van der Waals surface area contributed by atoms with Gasteiger partial charge in [0.05, 0.1) is 12.1 Å². The lowest BCUT2D eigenvalue weighted by molar-refractivity contribution is -0.117. The molecule has 0 unspecified atom stereocenters. The lowest BCUT2D eigenvalue weighted by Gasteiger charge is -2.38. The van der Waals surface area contributed by atoms with E-state index in [2.05, 4.69) is 25.8 Å². The number of benzene rings is 2. The molecule has 0 aliphatic carbocycles. The van der Waals surface area contributed by atoms with Crippen LogP contribution in [0, 0.1) is 5.82 Å². The summed E-state index contributed by atoms with van der Waals surface area (Å²) in [4.78, 5) is 34.6. The van der Waals surface area contributed by atoms with Gasteiger partial charge >= 0.3 is 6.03 Å². The van der Waals surface area contributed by atoms with E-state index >= 15 is 0 Å². The quantitative estimate of drug-likeness (QED) is 0.708. The van der Waals surface area contributed by atoms with Gasteiger partial charge in [-0.15, -0.1) is 0 Å². The molecule has 28 heavy (non-hydrogen) atoms. The summed E-state index contributed by atoms with van der Waals surface area (Å²) in [7, 11) is 0. The van der Waals surface area contributed by atoms with E-state index in [4.69, 9.17) is 0 Å². The highest BCUT2D eigenvalue weighted by Crippen LogP contribution is 2.25. The standard InChI is InChI=1S/C20H18BrFN4O2/c21-14-2-1-3-17(12-14)26-19(27)13-18(23-20(26)28)25-10-8-24(9-11-25)16-6-4-15(22)5-7-16/h1-7,12H,8-11,13H2. The van der Waals surface area contributed by atoms with Crippen LogP contribution in [-0.4, -0.2) is 48.9 Å². The van der Waals surface area contributed by atoms with Gasteiger partial charge in [0, 0.05) is 36.3 Å². The van der Waals surface area contributed by atoms with Crippen molar-refractivity contribution in [2.75, 3.05) is 36.0 Å². The number of rotatable bonds is 2. The van der Waals surface area contributed by atoms with Crippen LogP contribution in [0.1, 0.15) is 6.42 Å². The molecule has 2 aromatic carbocycles. The predicted octanol–water partition coefficient (Wildman–Crippen LogP) is 3.67. The minimum Gasteiger partial charge on any atom is -0.368 e. The van der Waals surface area contributed by atoms with Crippen LogP contribution >= 0.6 is 15.9 Å². The first kappa shape index (κ1) is 18.6. The summed E-state index contributed by atoms with van der Waals surface area (Å²) < 4.78 is 13.9. The molecule has 0 N–H and O–H groups in total. The van der Waals surface area contributed by atoms with Crippen molar-refractivity contribution < 1.29 is 14.0 Å². The van der Waals surface area contributed by atoms with Crippen molar-refractivity contribution >= 4 is 45.1 Å². The number of aliphatic imine (C=N–C) groups is 1. The fourth-order valence-corrected chi connectivity index (χ4v) is 3.83. The summed E-state index contributed by atoms with van der Waals surface area (Å²) in [5.74, 6) is -0.0277. The molecule has 8 heteroatoms. The summed E-state index contributed by atoms with van der Waals surface area (Å²) in [5.41, 5.74) is 1.47. The predicted molar refractivity (Wildman–Crippen MR) is 109 cm³/mol. The smallest absolute Gasteiger partial charge is 0.356 e. The second-order valence-electron chi connectivity index (χ2n) is 6.65. The van der Waals surface area contributed by atoms with Gasteiger partial charge < -0.3 is 9.80 Å². The van der Waals surface area contributed by atoms with Gasteiger partial charge in [-0.3, -0.25) is 4.79 Å². The number of carbonyl (C=O) groups is 2. The Balaban J connectivity index is 1.45. The first-order valence-electron chi connectivity index (χ1n) is 8.97. The molecule has 0 aromatic heterocycles. The third kappa shape index (κ3) is 3.77. The Morgan fingerprint density at radius 3 is 2.21 bits per heavy atom. The zero-order valence-corrected chi connectivity index (χ0v) is 16.6. The normalized spacial score (nSPS) is 17.8. The van der Waals surface area contributed by atoms with E-state index in [1.165, 1.54) is 12.1 Å². The van der Waals surface area contributed by atoms with E-state index in [0.29, 0.717) is 37.7 Å². The molecule has 4 rings (SSSR count). The summed E-state index contributed by atoms with van der Waals surface area (Å²) in [6, 6.07) is 12.9. The van der Waals surface area contributed by atoms with Crippen LogP contribution < -0.4 is 9.80 Å². The first-order chi connectivity index (χ1) is 13.5. The number of anilines is 2. The molecule has 0 radical (unpaired) electrons. The molecule has 2 heterocycles. The van der Waals surface area contributed by atoms with Gasteiger partial charge in [0.1, 0.15) is 11.7 Å². The number of hydrogen-bond acceptors (Lipinski definition) is 4. The number of imide groups is 1. The third-order valence-electron chi connectivity index (χ3n) is 4.88. The highest BCUT2D eigenvalue weighted by atomic mass is 79.9. The van der Waals surface area contributed by atoms with Crippen molar-refractivity contribution in [1.82, 2.24) is 4.90 Å². The number of carbonyl (C=O) groups excluding carboxylic acids is 2. The van der Waals surface area contributed by atoms with Crippen LogP contribution in [0.15, 0.2) is 58.0 Å². The largest absolute Gasteiger partial charge is 0.368 e. The molecule has 2 aliphatic heterocycles. The molecule has 1 fully saturated rings. The molecule has 0 bridgehead atoms. The maximum Gasteiger partial charge on any atom is 0.356 e. The first-order valence-corrected chi connectivity index (χ1v) is 9.76. The van der Waals surface area contributed by atoms with Gasteiger partial charge in [-0.05, 0) is 42.5 Å². The topological polar surface area (TPSA) is 56.2 Å². The van der Waals surface area contributed by atoms with E-state index in [9.17, 15) is 14.0 Å². The van der Waals surface area contributed by atoms with Crippen LogP contribution in [0.4, 0.5) is 20.6 Å². The number of hydrogen-bond donors (Lipinski definition) is 0. The molecule has 0 spiro atoms. The van der Waals surface area contributed by atoms with E-state index in [1.807, 2.05) is 11.0 Å². The van der Waals surface area contributed by atoms with Gasteiger partial charge in [0.15, 0.2) is 0 Å². The Morgan fingerprint density at radius 1 is 0.893 bits per heavy atom. The van der Waals surface area contributed by atoms with Gasteiger partial charge in [-0.1, -0.05) is 22.0 Å². The molecular formula is C20H18BrFN4O2. The molecule has 2 aromatic rings. The van der Waals surface area contributed by atoms with E-state index < -0.39 is 6.03 Å². The Bertz CT molecular complexity index is 939. The molecule has 1 saturated heterocycles. The second-order valence-corrected chi connectivity index (χ2v) is 7.56. The highest BCUT2D eigenvalue weighted by Gasteiger charge is 2.33. The van der Waals surface area contributed by atoms with Crippen LogP contribution in [0.5, 0.6) is 0 Å². The Labute approximate surface area is 170 Å². The average molecular weight is 445 g/mol. The van der Waals surface area contributed by atoms with Crippen molar-refractivity contribution in [1.29, 1.82) is 0 Å². The third-order valence-corrected chi connectivity index (χ3v) is 5.37. The minimum atomic E-state index is -0.565. The molecule has 144 valence electrons. The molecular weight excluding hydrogens is 427 g/mol. The lowest BCUT2D eigenvalue weighted by atomic mass is 10.2. The number of piperazine rings is 1. The number of urea groups is 1. The van der Waals surface area contributed by atoms with Crippen molar-refractivity contribution in [2.24, 2.45) is 4.99 Å². The summed E-state index contributed by atoms with van der Waals surface area (Å²) in [5, 5.41) is 0. The van der Waals surface area contributed by atoms with Crippen molar-refractivity contribution in [3.8, 4) is 0 Å². The van der Waals surface area contributed by atoms with Crippen molar-refractivity contribution in [3.63, 3.8) is 0 Å². The number of amides is 3. The molecule has 3 amide bonds. The fourth-order valence-electron chi connectivity index (χ4n) is 3.45. The maximum absolute atomic E-state index is 13.1. The van der Waals surface area contributed by atoms with Gasteiger partial charge in [-0.2, -0.15) is 4.99 Å². The van der Waals surface area contributed by atoms with Gasteiger partial charge in [-0.25, -0.2) is 14.1 Å². The van der Waals surface area contributed by atoms with Crippen LogP contribution in [-0.2, 0) is 4.79 Å². The van der Waals surface area contributed by atoms with E-state index in [0.717, 1.165) is 15.1 Å². The van der Waals surface area contributed by atoms with Crippen LogP contribution in [0.3, 0.4) is 0 Å². The molecule has 2 aliphatic rings. The zero-order chi connectivity index (χ0) is 19.7. The van der Waals surface area contributed by atoms with Crippen LogP contribution in [0.25, 0.3) is 0 Å². The minimum absolute atomic E-state index is 0.0921. The maximum atomic E-state index is 13.1. The Kier molecular flexibility index (Phi) is 5.13. The summed E-state index contributed by atoms with van der Waals surface area (Å²) in [6.07, 6.45) is 0.0921. The molecule has 6 nitrogen and oxygen atoms in total. The SMILES string of the molecule is O=C1CC(N2CCN(c3ccc(F)cc3)CC2)=NC(=O)N1c1cccc(Br)c1. The monoisotopic (exact) mass is 444 g/mol. The Hall–Kier alpha value is -2.74. The van der Waals surface area contributed by atoms with E-state index in [-0.39, 0.29) is 18.1 Å². The van der Waals surface area contributed by atoms with Gasteiger partial charge in [0.2, 0.25) is 5.91 Å². The second kappa shape index (κ2) is 7.71. The molecule has 0 saturated carbocycles. The van der Waals surface area contributed by atoms with E-state index in [1.54, 1.807) is 30.3 Å². The Morgan fingerprint density at radius 2 is 1.57 bits per heavy atom. The lowest BCUT2D eigenvalue weighted by Crippen LogP contribution is -2.52. The summed E-state index contributed by atoms with van der Waals surface area (Å²) in [6.45, 7) is 2.71. The zero-order valence-electron chi connectivity index (χ0n) is 15.0. The fraction of sp³-hybridized carbons (Fsp3) is 0.250. The molecule has 0 atom stereocenters. The number of amidine groups is 1. The van der Waals surface area contributed by atoms with Gasteiger partial charge in [0.25, 0.3) is 0 Å².